The molecule has 1 aliphatic carbocycles. The van der Waals surface area contributed by atoms with Crippen molar-refractivity contribution in [1.29, 1.82) is 0 Å². The molecule has 0 saturated heterocycles. The molecule has 0 fully saturated rings. The van der Waals surface area contributed by atoms with Gasteiger partial charge in [-0.1, -0.05) is 36.3 Å². The first-order chi connectivity index (χ1) is 6.33. The molecule has 0 bridgehead atoms. The number of oxime groups is 1. The molecule has 0 aromatic heterocycles. The molecule has 68 valence electrons. The predicted octanol–water partition coefficient (Wildman–Crippen LogP) is 2.23. The Morgan fingerprint density at radius 1 is 1.38 bits per heavy atom. The summed E-state index contributed by atoms with van der Waals surface area (Å²) >= 11 is 0. The van der Waals surface area contributed by atoms with Crippen LogP contribution in [0.25, 0.3) is 0 Å². The van der Waals surface area contributed by atoms with Gasteiger partial charge < -0.3 is 4.84 Å². The van der Waals surface area contributed by atoms with E-state index in [4.69, 9.17) is 4.84 Å². The largest absolute Gasteiger partial charge is 0.399 e. The summed E-state index contributed by atoms with van der Waals surface area (Å²) in [5.41, 5.74) is 3.71. The van der Waals surface area contributed by atoms with Crippen molar-refractivity contribution in [2.45, 2.75) is 13.3 Å². The highest BCUT2D eigenvalue weighted by Crippen LogP contribution is 2.26. The first kappa shape index (κ1) is 8.30. The fourth-order valence-corrected chi connectivity index (χ4v) is 1.88. The number of hydrogen-bond acceptors (Lipinski definition) is 2. The Morgan fingerprint density at radius 3 is 2.92 bits per heavy atom. The first-order valence-corrected chi connectivity index (χ1v) is 4.52. The summed E-state index contributed by atoms with van der Waals surface area (Å²) in [6.45, 7) is 2.18. The van der Waals surface area contributed by atoms with Gasteiger partial charge in [0.2, 0.25) is 0 Å². The minimum atomic E-state index is 0.484. The zero-order valence-corrected chi connectivity index (χ0v) is 7.95. The molecule has 1 aromatic rings. The van der Waals surface area contributed by atoms with Crippen LogP contribution in [0.1, 0.15) is 18.1 Å². The minimum absolute atomic E-state index is 0.484. The van der Waals surface area contributed by atoms with Gasteiger partial charge in [0.1, 0.15) is 7.11 Å². The number of benzene rings is 1. The van der Waals surface area contributed by atoms with Crippen LogP contribution in [0.3, 0.4) is 0 Å². The van der Waals surface area contributed by atoms with Gasteiger partial charge in [-0.05, 0) is 12.0 Å². The summed E-state index contributed by atoms with van der Waals surface area (Å²) in [5.74, 6) is 0.484. The number of fused-ring (bicyclic) bond motifs is 1. The third-order valence-corrected chi connectivity index (χ3v) is 2.48. The van der Waals surface area contributed by atoms with Crippen molar-refractivity contribution < 1.29 is 4.84 Å². The van der Waals surface area contributed by atoms with Crippen LogP contribution in [0.2, 0.25) is 0 Å². The lowest BCUT2D eigenvalue weighted by Gasteiger charge is -2.01. The molecule has 1 atom stereocenters. The molecule has 0 spiro atoms. The van der Waals surface area contributed by atoms with Crippen LogP contribution < -0.4 is 0 Å². The van der Waals surface area contributed by atoms with E-state index in [-0.39, 0.29) is 0 Å². The fourth-order valence-electron chi connectivity index (χ4n) is 1.88. The molecule has 0 saturated carbocycles. The molecular formula is C11H13NO. The van der Waals surface area contributed by atoms with Crippen molar-refractivity contribution in [2.75, 3.05) is 7.11 Å². The fraction of sp³-hybridized carbons (Fsp3) is 0.364. The second kappa shape index (κ2) is 3.21. The second-order valence-corrected chi connectivity index (χ2v) is 3.42. The molecule has 13 heavy (non-hydrogen) atoms. The molecule has 1 unspecified atom stereocenters. The van der Waals surface area contributed by atoms with Crippen LogP contribution in [-0.4, -0.2) is 12.8 Å². The van der Waals surface area contributed by atoms with Crippen molar-refractivity contribution >= 4 is 5.71 Å². The lowest BCUT2D eigenvalue weighted by molar-refractivity contribution is 0.212. The summed E-state index contributed by atoms with van der Waals surface area (Å²) in [7, 11) is 1.60. The molecule has 0 radical (unpaired) electrons. The van der Waals surface area contributed by atoms with E-state index in [0.717, 1.165) is 12.1 Å². The topological polar surface area (TPSA) is 21.6 Å². The maximum Gasteiger partial charge on any atom is 0.106 e. The van der Waals surface area contributed by atoms with Crippen LogP contribution in [0.4, 0.5) is 0 Å². The van der Waals surface area contributed by atoms with E-state index in [0.29, 0.717) is 5.92 Å². The molecule has 2 rings (SSSR count). The molecular weight excluding hydrogens is 162 g/mol. The summed E-state index contributed by atoms with van der Waals surface area (Å²) in [6.07, 6.45) is 1.08. The standard InChI is InChI=1S/C11H13NO/c1-8-7-9-5-3-4-6-10(9)11(8)12-13-2/h3-6,8H,7H2,1-2H3/b12-11-. The highest BCUT2D eigenvalue weighted by Gasteiger charge is 2.24. The second-order valence-electron chi connectivity index (χ2n) is 3.42. The van der Waals surface area contributed by atoms with Gasteiger partial charge in [-0.15, -0.1) is 0 Å². The summed E-state index contributed by atoms with van der Waals surface area (Å²) in [6, 6.07) is 8.38. The molecule has 0 amide bonds. The van der Waals surface area contributed by atoms with Crippen molar-refractivity contribution in [1.82, 2.24) is 0 Å². The van der Waals surface area contributed by atoms with E-state index < -0.39 is 0 Å². The van der Waals surface area contributed by atoms with Gasteiger partial charge in [0.25, 0.3) is 0 Å². The molecule has 1 aliphatic rings. The van der Waals surface area contributed by atoms with Gasteiger partial charge in [0.15, 0.2) is 0 Å². The highest BCUT2D eigenvalue weighted by molar-refractivity contribution is 6.05. The Balaban J connectivity index is 2.46. The van der Waals surface area contributed by atoms with Gasteiger partial charge >= 0.3 is 0 Å². The van der Waals surface area contributed by atoms with E-state index >= 15 is 0 Å². The van der Waals surface area contributed by atoms with Crippen LogP contribution in [0, 0.1) is 5.92 Å². The van der Waals surface area contributed by atoms with Crippen molar-refractivity contribution in [3.05, 3.63) is 35.4 Å². The van der Waals surface area contributed by atoms with Crippen LogP contribution >= 0.6 is 0 Å². The zero-order chi connectivity index (χ0) is 9.26. The Morgan fingerprint density at radius 2 is 2.15 bits per heavy atom. The van der Waals surface area contributed by atoms with Gasteiger partial charge in [0.05, 0.1) is 5.71 Å². The Bertz CT molecular complexity index is 344. The Kier molecular flexibility index (Phi) is 2.05. The molecule has 2 heteroatoms. The van der Waals surface area contributed by atoms with Gasteiger partial charge in [0, 0.05) is 11.5 Å². The maximum absolute atomic E-state index is 4.84. The van der Waals surface area contributed by atoms with E-state index in [2.05, 4.69) is 30.3 Å². The smallest absolute Gasteiger partial charge is 0.106 e. The number of hydrogen-bond donors (Lipinski definition) is 0. The quantitative estimate of drug-likeness (QED) is 0.600. The Labute approximate surface area is 78.2 Å². The van der Waals surface area contributed by atoms with E-state index in [1.165, 1.54) is 11.1 Å². The average Bonchev–Trinajstić information content (AvgIpc) is 2.44. The van der Waals surface area contributed by atoms with Gasteiger partial charge in [-0.25, -0.2) is 0 Å². The molecule has 2 nitrogen and oxygen atoms in total. The first-order valence-electron chi connectivity index (χ1n) is 4.52. The van der Waals surface area contributed by atoms with Crippen molar-refractivity contribution in [3.63, 3.8) is 0 Å². The maximum atomic E-state index is 4.84. The van der Waals surface area contributed by atoms with Crippen LogP contribution in [-0.2, 0) is 11.3 Å². The molecule has 0 aliphatic heterocycles. The number of nitrogens with zero attached hydrogens (tertiary/aromatic N) is 1. The van der Waals surface area contributed by atoms with E-state index in [1.807, 2.05) is 6.07 Å². The summed E-state index contributed by atoms with van der Waals surface area (Å²) < 4.78 is 0. The Hall–Kier alpha value is -1.31. The average molecular weight is 175 g/mol. The van der Waals surface area contributed by atoms with E-state index in [1.54, 1.807) is 7.11 Å². The molecule has 0 N–H and O–H groups in total. The molecule has 1 aromatic carbocycles. The normalized spacial score (nSPS) is 23.2. The lowest BCUT2D eigenvalue weighted by Crippen LogP contribution is -2.05. The zero-order valence-electron chi connectivity index (χ0n) is 7.95. The predicted molar refractivity (Wildman–Crippen MR) is 52.9 cm³/mol. The monoisotopic (exact) mass is 175 g/mol. The SMILES string of the molecule is CO/N=C1\c2ccccc2CC1C. The van der Waals surface area contributed by atoms with Crippen LogP contribution in [0.15, 0.2) is 29.4 Å². The minimum Gasteiger partial charge on any atom is -0.399 e. The highest BCUT2D eigenvalue weighted by atomic mass is 16.6. The number of rotatable bonds is 1. The lowest BCUT2D eigenvalue weighted by atomic mass is 10.1. The molecule has 0 heterocycles. The van der Waals surface area contributed by atoms with Gasteiger partial charge in [-0.2, -0.15) is 0 Å². The third kappa shape index (κ3) is 1.32. The summed E-state index contributed by atoms with van der Waals surface area (Å²) in [5, 5.41) is 4.06. The van der Waals surface area contributed by atoms with Crippen molar-refractivity contribution in [2.24, 2.45) is 11.1 Å². The third-order valence-electron chi connectivity index (χ3n) is 2.48. The van der Waals surface area contributed by atoms with Crippen molar-refractivity contribution in [3.8, 4) is 0 Å². The summed E-state index contributed by atoms with van der Waals surface area (Å²) in [4.78, 5) is 4.84. The van der Waals surface area contributed by atoms with Gasteiger partial charge in [-0.3, -0.25) is 0 Å². The van der Waals surface area contributed by atoms with E-state index in [9.17, 15) is 0 Å². The van der Waals surface area contributed by atoms with Crippen LogP contribution in [0.5, 0.6) is 0 Å².